The number of carbonyl (C=O) groups is 3. The third-order valence-corrected chi connectivity index (χ3v) is 8.60. The van der Waals surface area contributed by atoms with Crippen LogP contribution in [0.15, 0.2) is 22.6 Å². The fourth-order valence-corrected chi connectivity index (χ4v) is 6.27. The number of aliphatic carboxylic acids is 1. The quantitative estimate of drug-likeness (QED) is 0.402. The molecule has 3 rings (SSSR count). The first-order valence-corrected chi connectivity index (χ1v) is 13.4. The van der Waals surface area contributed by atoms with Crippen molar-refractivity contribution < 1.29 is 34.4 Å². The molecule has 0 amide bonds. The van der Waals surface area contributed by atoms with E-state index in [1.807, 2.05) is 31.4 Å². The minimum atomic E-state index is -1.30. The Kier molecular flexibility index (Phi) is 9.24. The van der Waals surface area contributed by atoms with Crippen LogP contribution in [0.25, 0.3) is 6.08 Å². The Morgan fingerprint density at radius 1 is 1.33 bits per heavy atom. The van der Waals surface area contributed by atoms with Crippen molar-refractivity contribution in [3.05, 3.63) is 33.3 Å². The number of cyclic esters (lactones) is 1. The molecule has 1 aliphatic carbocycles. The molecule has 1 aromatic heterocycles. The van der Waals surface area contributed by atoms with Crippen LogP contribution in [0.5, 0.6) is 0 Å². The third-order valence-electron chi connectivity index (χ3n) is 7.81. The van der Waals surface area contributed by atoms with Gasteiger partial charge in [0.15, 0.2) is 0 Å². The number of Topliss-reactive ketones (excluding diaryl/α,β-unsaturated/α-hetero) is 1. The van der Waals surface area contributed by atoms with E-state index < -0.39 is 47.3 Å². The Hall–Kier alpha value is -2.36. The Labute approximate surface area is 216 Å². The van der Waals surface area contributed by atoms with Gasteiger partial charge in [0.2, 0.25) is 0 Å². The van der Waals surface area contributed by atoms with Gasteiger partial charge in [0, 0.05) is 29.6 Å². The van der Waals surface area contributed by atoms with Crippen molar-refractivity contribution in [2.45, 2.75) is 78.4 Å². The summed E-state index contributed by atoms with van der Waals surface area (Å²) in [6.45, 7) is 6.84. The smallest absolute Gasteiger partial charge is 0.307 e. The van der Waals surface area contributed by atoms with Crippen molar-refractivity contribution in [1.82, 2.24) is 4.98 Å². The molecule has 36 heavy (non-hydrogen) atoms. The molecular formula is C27H37NO7S. The zero-order chi connectivity index (χ0) is 26.6. The Balaban J connectivity index is 1.95. The van der Waals surface area contributed by atoms with Gasteiger partial charge < -0.3 is 20.1 Å². The Morgan fingerprint density at radius 3 is 2.67 bits per heavy atom. The van der Waals surface area contributed by atoms with Crippen LogP contribution in [0, 0.1) is 30.1 Å². The van der Waals surface area contributed by atoms with Gasteiger partial charge in [0.25, 0.3) is 0 Å². The van der Waals surface area contributed by atoms with Crippen molar-refractivity contribution in [3.8, 4) is 0 Å². The van der Waals surface area contributed by atoms with Gasteiger partial charge in [-0.05, 0) is 62.7 Å². The molecule has 0 aromatic carbocycles. The Morgan fingerprint density at radius 2 is 2.06 bits per heavy atom. The summed E-state index contributed by atoms with van der Waals surface area (Å²) in [7, 11) is 0. The van der Waals surface area contributed by atoms with Gasteiger partial charge in [0.05, 0.1) is 29.3 Å². The number of aliphatic hydroxyl groups is 2. The fourth-order valence-electron chi connectivity index (χ4n) is 5.70. The second-order valence-corrected chi connectivity index (χ2v) is 11.4. The zero-order valence-corrected chi connectivity index (χ0v) is 22.2. The standard InChI is InChI=1S/C27H37NO7S/c1-15(12-19-14-36-17(3)28-19)21-9-8-18(13-29)6-5-7-20-23(26(33)34)27(4,11-10-22(30)35-21)25(32)16(2)24(20)31/h8,12,14,16,20-21,23-24,29,31H,5-7,9-11,13H2,1-4H3,(H,33,34)/b15-12+,18-8+/t16-,20-,21+,23?,24-,27+/m1/s1. The maximum absolute atomic E-state index is 13.3. The predicted octanol–water partition coefficient (Wildman–Crippen LogP) is 3.94. The summed E-state index contributed by atoms with van der Waals surface area (Å²) >= 11 is 1.53. The van der Waals surface area contributed by atoms with Crippen molar-refractivity contribution >= 4 is 35.1 Å². The molecule has 0 saturated heterocycles. The number of aliphatic hydroxyl groups excluding tert-OH is 2. The van der Waals surface area contributed by atoms with Gasteiger partial charge in [0.1, 0.15) is 11.9 Å². The van der Waals surface area contributed by atoms with E-state index in [1.54, 1.807) is 13.8 Å². The first-order chi connectivity index (χ1) is 17.0. The number of nitrogens with zero attached hydrogens (tertiary/aromatic N) is 1. The summed E-state index contributed by atoms with van der Waals surface area (Å²) in [6.07, 6.45) is 3.87. The van der Waals surface area contributed by atoms with Gasteiger partial charge in [-0.1, -0.05) is 19.9 Å². The van der Waals surface area contributed by atoms with Gasteiger partial charge in [-0.2, -0.15) is 0 Å². The molecule has 8 nitrogen and oxygen atoms in total. The molecule has 2 heterocycles. The number of hydrogen-bond donors (Lipinski definition) is 3. The molecule has 1 aliphatic heterocycles. The van der Waals surface area contributed by atoms with Crippen molar-refractivity contribution in [2.24, 2.45) is 23.2 Å². The molecule has 2 aliphatic rings. The lowest BCUT2D eigenvalue weighted by atomic mass is 9.55. The second kappa shape index (κ2) is 11.8. The number of carboxylic acid groups (broad SMARTS) is 1. The van der Waals surface area contributed by atoms with E-state index in [0.717, 1.165) is 21.8 Å². The third kappa shape index (κ3) is 6.12. The summed E-state index contributed by atoms with van der Waals surface area (Å²) < 4.78 is 5.82. The monoisotopic (exact) mass is 519 g/mol. The molecule has 1 fully saturated rings. The first kappa shape index (κ1) is 28.2. The molecule has 1 aromatic rings. The van der Waals surface area contributed by atoms with Crippen LogP contribution >= 0.6 is 11.3 Å². The zero-order valence-electron chi connectivity index (χ0n) is 21.4. The van der Waals surface area contributed by atoms with Crippen molar-refractivity contribution in [2.75, 3.05) is 6.61 Å². The number of ketones is 1. The van der Waals surface area contributed by atoms with E-state index in [0.29, 0.717) is 25.7 Å². The molecule has 1 saturated carbocycles. The van der Waals surface area contributed by atoms with E-state index >= 15 is 0 Å². The summed E-state index contributed by atoms with van der Waals surface area (Å²) in [5, 5.41) is 33.7. The van der Waals surface area contributed by atoms with E-state index in [-0.39, 0.29) is 25.2 Å². The van der Waals surface area contributed by atoms with E-state index in [2.05, 4.69) is 4.98 Å². The van der Waals surface area contributed by atoms with E-state index in [9.17, 15) is 29.7 Å². The minimum absolute atomic E-state index is 0.0354. The molecular weight excluding hydrogens is 482 g/mol. The van der Waals surface area contributed by atoms with Crippen LogP contribution in [0.1, 0.15) is 70.0 Å². The highest BCUT2D eigenvalue weighted by atomic mass is 32.1. The second-order valence-electron chi connectivity index (χ2n) is 10.3. The largest absolute Gasteiger partial charge is 0.481 e. The van der Waals surface area contributed by atoms with Crippen LogP contribution in [0.4, 0.5) is 0 Å². The van der Waals surface area contributed by atoms with Crippen LogP contribution in [0.3, 0.4) is 0 Å². The number of hydrogen-bond acceptors (Lipinski definition) is 8. The SMILES string of the molecule is C/C(=C\c1csc(C)n1)[C@@H]1C/C=C(/CO)CCC[C@@H]2C(C(=O)O)[C@](C)(CCC(=O)O1)C(=O)[C@H](C)[C@H]2O. The maximum Gasteiger partial charge on any atom is 0.307 e. The maximum atomic E-state index is 13.3. The molecule has 1 unspecified atom stereocenters. The molecule has 198 valence electrons. The number of esters is 1. The van der Waals surface area contributed by atoms with Crippen molar-refractivity contribution in [3.63, 3.8) is 0 Å². The number of aryl methyl sites for hydroxylation is 1. The summed E-state index contributed by atoms with van der Waals surface area (Å²) in [5.41, 5.74) is 1.04. The topological polar surface area (TPSA) is 134 Å². The van der Waals surface area contributed by atoms with Gasteiger partial charge >= 0.3 is 11.9 Å². The number of aromatic nitrogens is 1. The van der Waals surface area contributed by atoms with Crippen LogP contribution < -0.4 is 0 Å². The first-order valence-electron chi connectivity index (χ1n) is 12.5. The average molecular weight is 520 g/mol. The number of carboxylic acids is 1. The number of ether oxygens (including phenoxy) is 1. The molecule has 0 radical (unpaired) electrons. The van der Waals surface area contributed by atoms with Crippen LogP contribution in [-0.2, 0) is 19.1 Å². The van der Waals surface area contributed by atoms with Gasteiger partial charge in [-0.15, -0.1) is 11.3 Å². The summed E-state index contributed by atoms with van der Waals surface area (Å²) in [4.78, 5) is 43.1. The summed E-state index contributed by atoms with van der Waals surface area (Å²) in [5.74, 6) is -4.47. The number of rotatable bonds is 4. The summed E-state index contributed by atoms with van der Waals surface area (Å²) in [6, 6.07) is 0. The van der Waals surface area contributed by atoms with E-state index in [1.165, 1.54) is 11.3 Å². The van der Waals surface area contributed by atoms with Crippen LogP contribution in [0.2, 0.25) is 0 Å². The predicted molar refractivity (Wildman–Crippen MR) is 136 cm³/mol. The van der Waals surface area contributed by atoms with Crippen LogP contribution in [-0.4, -0.2) is 56.8 Å². The molecule has 9 heteroatoms. The fraction of sp³-hybridized carbons (Fsp3) is 0.630. The van der Waals surface area contributed by atoms with E-state index in [4.69, 9.17) is 4.74 Å². The highest BCUT2D eigenvalue weighted by Gasteiger charge is 2.57. The molecule has 0 spiro atoms. The van der Waals surface area contributed by atoms with Gasteiger partial charge in [-0.25, -0.2) is 4.98 Å². The number of fused-ring (bicyclic) bond motifs is 2. The van der Waals surface area contributed by atoms with Crippen molar-refractivity contribution in [1.29, 1.82) is 0 Å². The highest BCUT2D eigenvalue weighted by Crippen LogP contribution is 2.49. The molecule has 6 atom stereocenters. The van der Waals surface area contributed by atoms with Gasteiger partial charge in [-0.3, -0.25) is 14.4 Å². The minimum Gasteiger partial charge on any atom is -0.481 e. The number of thiazole rings is 1. The average Bonchev–Trinajstić information content (AvgIpc) is 3.24. The lowest BCUT2D eigenvalue weighted by Crippen LogP contribution is -2.57. The normalized spacial score (nSPS) is 34.3. The Bertz CT molecular complexity index is 1040. The lowest BCUT2D eigenvalue weighted by molar-refractivity contribution is -0.173. The molecule has 3 N–H and O–H groups in total. The number of carbonyl (C=O) groups excluding carboxylic acids is 2. The lowest BCUT2D eigenvalue weighted by Gasteiger charge is -2.48. The molecule has 2 bridgehead atoms. The highest BCUT2D eigenvalue weighted by molar-refractivity contribution is 7.09.